The van der Waals surface area contributed by atoms with Gasteiger partial charge in [-0.1, -0.05) is 17.3 Å². The second kappa shape index (κ2) is 8.52. The van der Waals surface area contributed by atoms with Crippen LogP contribution in [0.5, 0.6) is 5.75 Å². The molecule has 0 heterocycles. The third-order valence-corrected chi connectivity index (χ3v) is 3.12. The van der Waals surface area contributed by atoms with E-state index in [4.69, 9.17) is 15.3 Å². The van der Waals surface area contributed by atoms with Gasteiger partial charge in [-0.05, 0) is 42.0 Å². The monoisotopic (exact) mass is 331 g/mol. The first-order valence-corrected chi connectivity index (χ1v) is 7.19. The third kappa shape index (κ3) is 5.28. The van der Waals surface area contributed by atoms with Gasteiger partial charge in [-0.2, -0.15) is 0 Å². The molecule has 0 aliphatic heterocycles. The van der Waals surface area contributed by atoms with Gasteiger partial charge in [0.15, 0.2) is 12.4 Å². The molecule has 0 saturated carbocycles. The molecule has 7 heteroatoms. The standard InChI is InChI=1S/C17H18FN3O3/c1-23-15-4-2-3-12(9-15)10-20-16(22)11-24-21-17(19)13-5-7-14(18)8-6-13/h2-9H,10-11H2,1H3,(H2,19,21)(H,20,22). The summed E-state index contributed by atoms with van der Waals surface area (Å²) in [5.41, 5.74) is 7.09. The molecule has 0 aromatic heterocycles. The fourth-order valence-corrected chi connectivity index (χ4v) is 1.87. The molecule has 6 nitrogen and oxygen atoms in total. The first kappa shape index (κ1) is 17.3. The van der Waals surface area contributed by atoms with Crippen molar-refractivity contribution in [2.75, 3.05) is 13.7 Å². The zero-order valence-corrected chi connectivity index (χ0v) is 13.2. The number of amides is 1. The highest BCUT2D eigenvalue weighted by atomic mass is 19.1. The number of methoxy groups -OCH3 is 1. The van der Waals surface area contributed by atoms with Crippen molar-refractivity contribution in [3.8, 4) is 5.75 Å². The summed E-state index contributed by atoms with van der Waals surface area (Å²) in [6, 6.07) is 12.8. The predicted octanol–water partition coefficient (Wildman–Crippen LogP) is 1.79. The second-order valence-electron chi connectivity index (χ2n) is 4.89. The summed E-state index contributed by atoms with van der Waals surface area (Å²) in [6.45, 7) is 0.0718. The summed E-state index contributed by atoms with van der Waals surface area (Å²) < 4.78 is 17.9. The van der Waals surface area contributed by atoms with Crippen LogP contribution in [0.3, 0.4) is 0 Å². The molecule has 126 valence electrons. The van der Waals surface area contributed by atoms with Crippen LogP contribution in [0, 0.1) is 5.82 Å². The van der Waals surface area contributed by atoms with E-state index in [-0.39, 0.29) is 24.2 Å². The summed E-state index contributed by atoms with van der Waals surface area (Å²) in [4.78, 5) is 16.6. The molecule has 2 rings (SSSR count). The first-order valence-electron chi connectivity index (χ1n) is 7.19. The number of carbonyl (C=O) groups excluding carboxylic acids is 1. The van der Waals surface area contributed by atoms with Gasteiger partial charge in [0.1, 0.15) is 11.6 Å². The van der Waals surface area contributed by atoms with Crippen LogP contribution in [0.1, 0.15) is 11.1 Å². The minimum absolute atomic E-state index is 0.0654. The van der Waals surface area contributed by atoms with Crippen LogP contribution in [-0.2, 0) is 16.2 Å². The van der Waals surface area contributed by atoms with E-state index >= 15 is 0 Å². The van der Waals surface area contributed by atoms with Crippen LogP contribution >= 0.6 is 0 Å². The second-order valence-corrected chi connectivity index (χ2v) is 4.89. The highest BCUT2D eigenvalue weighted by Crippen LogP contribution is 2.12. The molecule has 0 aliphatic carbocycles. The molecule has 1 amide bonds. The fourth-order valence-electron chi connectivity index (χ4n) is 1.87. The molecule has 0 spiro atoms. The van der Waals surface area contributed by atoms with Gasteiger partial charge in [-0.25, -0.2) is 4.39 Å². The maximum absolute atomic E-state index is 12.8. The minimum Gasteiger partial charge on any atom is -0.497 e. The van der Waals surface area contributed by atoms with Crippen LogP contribution < -0.4 is 15.8 Å². The number of ether oxygens (including phenoxy) is 1. The molecule has 3 N–H and O–H groups in total. The smallest absolute Gasteiger partial charge is 0.261 e. The summed E-state index contributed by atoms with van der Waals surface area (Å²) in [6.07, 6.45) is 0. The highest BCUT2D eigenvalue weighted by molar-refractivity contribution is 5.97. The number of oxime groups is 1. The molecule has 0 unspecified atom stereocenters. The number of nitrogens with zero attached hydrogens (tertiary/aromatic N) is 1. The highest BCUT2D eigenvalue weighted by Gasteiger charge is 2.04. The molecule has 0 saturated heterocycles. The number of hydrogen-bond donors (Lipinski definition) is 2. The van der Waals surface area contributed by atoms with Crippen molar-refractivity contribution in [1.29, 1.82) is 0 Å². The van der Waals surface area contributed by atoms with E-state index in [0.29, 0.717) is 12.1 Å². The number of amidine groups is 1. The van der Waals surface area contributed by atoms with Gasteiger partial charge in [0, 0.05) is 12.1 Å². The van der Waals surface area contributed by atoms with Gasteiger partial charge >= 0.3 is 0 Å². The van der Waals surface area contributed by atoms with Crippen molar-refractivity contribution in [1.82, 2.24) is 5.32 Å². The lowest BCUT2D eigenvalue weighted by Gasteiger charge is -2.06. The number of rotatable bonds is 7. The van der Waals surface area contributed by atoms with E-state index in [2.05, 4.69) is 10.5 Å². The predicted molar refractivity (Wildman–Crippen MR) is 87.9 cm³/mol. The number of hydrogen-bond acceptors (Lipinski definition) is 4. The zero-order valence-electron chi connectivity index (χ0n) is 13.2. The molecule has 2 aromatic carbocycles. The number of carbonyl (C=O) groups is 1. The Balaban J connectivity index is 1.78. The molecule has 0 bridgehead atoms. The average Bonchev–Trinajstić information content (AvgIpc) is 2.60. The molecule has 0 aliphatic rings. The molecule has 0 atom stereocenters. The van der Waals surface area contributed by atoms with Crippen molar-refractivity contribution < 1.29 is 18.8 Å². The fraction of sp³-hybridized carbons (Fsp3) is 0.176. The van der Waals surface area contributed by atoms with E-state index in [9.17, 15) is 9.18 Å². The van der Waals surface area contributed by atoms with Crippen LogP contribution in [0.25, 0.3) is 0 Å². The number of halogens is 1. The van der Waals surface area contributed by atoms with E-state index in [1.165, 1.54) is 24.3 Å². The van der Waals surface area contributed by atoms with E-state index in [1.807, 2.05) is 24.3 Å². The molecular formula is C17H18FN3O3. The van der Waals surface area contributed by atoms with Gasteiger partial charge in [0.25, 0.3) is 5.91 Å². The summed E-state index contributed by atoms with van der Waals surface area (Å²) in [5, 5.41) is 6.33. The molecule has 0 fully saturated rings. The quantitative estimate of drug-likeness (QED) is 0.460. The molecular weight excluding hydrogens is 313 g/mol. The van der Waals surface area contributed by atoms with Gasteiger partial charge in [0.2, 0.25) is 0 Å². The first-order chi connectivity index (χ1) is 11.6. The largest absolute Gasteiger partial charge is 0.497 e. The normalized spacial score (nSPS) is 11.0. The topological polar surface area (TPSA) is 85.9 Å². The van der Waals surface area contributed by atoms with E-state index in [0.717, 1.165) is 11.3 Å². The van der Waals surface area contributed by atoms with Gasteiger partial charge in [0.05, 0.1) is 7.11 Å². The number of nitrogens with two attached hydrogens (primary N) is 1. The maximum atomic E-state index is 12.8. The minimum atomic E-state index is -0.371. The number of nitrogens with one attached hydrogen (secondary N) is 1. The van der Waals surface area contributed by atoms with Crippen LogP contribution in [-0.4, -0.2) is 25.5 Å². The SMILES string of the molecule is COc1cccc(CNC(=O)CO/N=C(\N)c2ccc(F)cc2)c1. The Morgan fingerprint density at radius 2 is 2.00 bits per heavy atom. The zero-order chi connectivity index (χ0) is 17.4. The Morgan fingerprint density at radius 1 is 1.25 bits per heavy atom. The lowest BCUT2D eigenvalue weighted by Crippen LogP contribution is -2.27. The lowest BCUT2D eigenvalue weighted by molar-refractivity contribution is -0.125. The van der Waals surface area contributed by atoms with Gasteiger partial charge in [-0.3, -0.25) is 4.79 Å². The van der Waals surface area contributed by atoms with E-state index < -0.39 is 0 Å². The Bertz CT molecular complexity index is 717. The average molecular weight is 331 g/mol. The Morgan fingerprint density at radius 3 is 2.71 bits per heavy atom. The summed E-state index contributed by atoms with van der Waals surface area (Å²) in [5.74, 6) is 0.0723. The van der Waals surface area contributed by atoms with E-state index in [1.54, 1.807) is 7.11 Å². The van der Waals surface area contributed by atoms with Crippen LogP contribution in [0.2, 0.25) is 0 Å². The van der Waals surface area contributed by atoms with Gasteiger partial charge in [-0.15, -0.1) is 0 Å². The number of benzene rings is 2. The van der Waals surface area contributed by atoms with Crippen molar-refractivity contribution in [3.63, 3.8) is 0 Å². The van der Waals surface area contributed by atoms with Crippen molar-refractivity contribution >= 4 is 11.7 Å². The Hall–Kier alpha value is -3.09. The Labute approximate surface area is 139 Å². The van der Waals surface area contributed by atoms with Crippen LogP contribution in [0.15, 0.2) is 53.7 Å². The lowest BCUT2D eigenvalue weighted by atomic mass is 10.2. The molecule has 2 aromatic rings. The van der Waals surface area contributed by atoms with Gasteiger partial charge < -0.3 is 20.6 Å². The van der Waals surface area contributed by atoms with Crippen molar-refractivity contribution in [2.24, 2.45) is 10.9 Å². The van der Waals surface area contributed by atoms with Crippen molar-refractivity contribution in [2.45, 2.75) is 6.54 Å². The summed E-state index contributed by atoms with van der Waals surface area (Å²) >= 11 is 0. The maximum Gasteiger partial charge on any atom is 0.261 e. The molecule has 24 heavy (non-hydrogen) atoms. The van der Waals surface area contributed by atoms with Crippen molar-refractivity contribution in [3.05, 3.63) is 65.5 Å². The summed E-state index contributed by atoms with van der Waals surface area (Å²) in [7, 11) is 1.58. The third-order valence-electron chi connectivity index (χ3n) is 3.12. The van der Waals surface area contributed by atoms with Crippen LogP contribution in [0.4, 0.5) is 4.39 Å². The molecule has 0 radical (unpaired) electrons. The Kier molecular flexibility index (Phi) is 6.13.